The molecule has 1 N–H and O–H groups in total. The Hall–Kier alpha value is -2.17. The number of esters is 1. The van der Waals surface area contributed by atoms with Gasteiger partial charge in [0.1, 0.15) is 5.00 Å². The molecule has 0 unspecified atom stereocenters. The number of aromatic nitrogens is 3. The van der Waals surface area contributed by atoms with Gasteiger partial charge in [-0.3, -0.25) is 4.79 Å². The molecule has 10 heteroatoms. The van der Waals surface area contributed by atoms with Crippen molar-refractivity contribution in [3.05, 3.63) is 31.8 Å². The summed E-state index contributed by atoms with van der Waals surface area (Å²) in [7, 11) is 1.39. The summed E-state index contributed by atoms with van der Waals surface area (Å²) in [4.78, 5) is 27.9. The van der Waals surface area contributed by atoms with Gasteiger partial charge in [0, 0.05) is 27.2 Å². The molecule has 7 nitrogen and oxygen atoms in total. The smallest absolute Gasteiger partial charge is 0.341 e. The lowest BCUT2D eigenvalue weighted by atomic mass is 10.1. The molecule has 0 spiro atoms. The van der Waals surface area contributed by atoms with Gasteiger partial charge in [-0.1, -0.05) is 25.1 Å². The van der Waals surface area contributed by atoms with Crippen molar-refractivity contribution >= 4 is 51.3 Å². The van der Waals surface area contributed by atoms with Crippen molar-refractivity contribution in [2.45, 2.75) is 71.0 Å². The van der Waals surface area contributed by atoms with Gasteiger partial charge < -0.3 is 14.6 Å². The highest BCUT2D eigenvalue weighted by Gasteiger charge is 2.26. The highest BCUT2D eigenvalue weighted by atomic mass is 32.2. The molecule has 0 radical (unpaired) electrons. The van der Waals surface area contributed by atoms with Gasteiger partial charge >= 0.3 is 5.97 Å². The summed E-state index contributed by atoms with van der Waals surface area (Å²) in [5, 5.41) is 15.3. The van der Waals surface area contributed by atoms with Crippen LogP contribution in [0, 0.1) is 13.8 Å². The molecule has 0 aliphatic heterocycles. The summed E-state index contributed by atoms with van der Waals surface area (Å²) in [5.41, 5.74) is 3.90. The zero-order valence-corrected chi connectivity index (χ0v) is 22.5. The molecule has 182 valence electrons. The van der Waals surface area contributed by atoms with Crippen LogP contribution in [0.15, 0.2) is 10.5 Å². The largest absolute Gasteiger partial charge is 0.465 e. The van der Waals surface area contributed by atoms with Crippen LogP contribution in [0.5, 0.6) is 0 Å². The van der Waals surface area contributed by atoms with Crippen LogP contribution in [0.4, 0.5) is 5.00 Å². The number of fused-ring (bicyclic) bond motifs is 1. The fourth-order valence-corrected chi connectivity index (χ4v) is 7.12. The van der Waals surface area contributed by atoms with Gasteiger partial charge in [0.2, 0.25) is 5.91 Å². The van der Waals surface area contributed by atoms with Crippen molar-refractivity contribution in [2.75, 3.05) is 18.2 Å². The SMILES string of the molecule is CCCn1c(SCC(=O)Nc2sc3c(c2C(=O)OC)CCCCC3)nnc1-c1csc(C)c1C. The Labute approximate surface area is 212 Å². The van der Waals surface area contributed by atoms with Gasteiger partial charge in [-0.15, -0.1) is 32.9 Å². The number of anilines is 1. The molecule has 0 aromatic carbocycles. The minimum atomic E-state index is -0.379. The summed E-state index contributed by atoms with van der Waals surface area (Å²) >= 11 is 4.59. The average molecular weight is 519 g/mol. The van der Waals surface area contributed by atoms with Crippen molar-refractivity contribution in [1.29, 1.82) is 0 Å². The van der Waals surface area contributed by atoms with Crippen molar-refractivity contribution in [2.24, 2.45) is 0 Å². The molecule has 0 saturated heterocycles. The first-order valence-corrected chi connectivity index (χ1v) is 14.3. The molecule has 0 saturated carbocycles. The van der Waals surface area contributed by atoms with Gasteiger partial charge in [-0.2, -0.15) is 0 Å². The Bertz CT molecular complexity index is 1190. The van der Waals surface area contributed by atoms with Crippen LogP contribution in [0.2, 0.25) is 0 Å². The van der Waals surface area contributed by atoms with Crippen LogP contribution in [-0.2, 0) is 28.9 Å². The van der Waals surface area contributed by atoms with Crippen LogP contribution in [0.3, 0.4) is 0 Å². The average Bonchev–Trinajstić information content (AvgIpc) is 3.42. The number of nitrogens with zero attached hydrogens (tertiary/aromatic N) is 3. The normalized spacial score (nSPS) is 13.4. The van der Waals surface area contributed by atoms with E-state index < -0.39 is 0 Å². The van der Waals surface area contributed by atoms with Gasteiger partial charge in [0.25, 0.3) is 0 Å². The number of carbonyl (C=O) groups excluding carboxylic acids is 2. The summed E-state index contributed by atoms with van der Waals surface area (Å²) in [6.07, 6.45) is 6.05. The Morgan fingerprint density at radius 2 is 2.00 bits per heavy atom. The molecule has 1 aliphatic carbocycles. The molecule has 3 aromatic rings. The maximum atomic E-state index is 12.9. The topological polar surface area (TPSA) is 86.1 Å². The Morgan fingerprint density at radius 3 is 2.71 bits per heavy atom. The third-order valence-corrected chi connectivity index (χ3v) is 9.27. The van der Waals surface area contributed by atoms with E-state index in [1.54, 1.807) is 11.3 Å². The number of rotatable bonds is 8. The van der Waals surface area contributed by atoms with Crippen LogP contribution in [0.1, 0.15) is 63.8 Å². The first-order chi connectivity index (χ1) is 16.4. The summed E-state index contributed by atoms with van der Waals surface area (Å²) in [6, 6.07) is 0. The minimum absolute atomic E-state index is 0.165. The molecule has 3 heterocycles. The predicted molar refractivity (Wildman–Crippen MR) is 139 cm³/mol. The van der Waals surface area contributed by atoms with Crippen LogP contribution in [0.25, 0.3) is 11.4 Å². The third kappa shape index (κ3) is 5.08. The molecule has 3 aromatic heterocycles. The van der Waals surface area contributed by atoms with E-state index >= 15 is 0 Å². The molecule has 1 amide bonds. The van der Waals surface area contributed by atoms with E-state index in [-0.39, 0.29) is 17.6 Å². The van der Waals surface area contributed by atoms with E-state index in [2.05, 4.69) is 46.2 Å². The maximum absolute atomic E-state index is 12.9. The van der Waals surface area contributed by atoms with E-state index in [9.17, 15) is 9.59 Å². The number of hydrogen-bond donors (Lipinski definition) is 1. The van der Waals surface area contributed by atoms with E-state index in [4.69, 9.17) is 4.74 Å². The highest BCUT2D eigenvalue weighted by Crippen LogP contribution is 2.38. The van der Waals surface area contributed by atoms with Crippen molar-refractivity contribution < 1.29 is 14.3 Å². The predicted octanol–water partition coefficient (Wildman–Crippen LogP) is 5.88. The second-order valence-electron chi connectivity index (χ2n) is 8.39. The van der Waals surface area contributed by atoms with Crippen LogP contribution >= 0.6 is 34.4 Å². The van der Waals surface area contributed by atoms with Crippen molar-refractivity contribution in [3.63, 3.8) is 0 Å². The van der Waals surface area contributed by atoms with E-state index in [1.807, 2.05) is 0 Å². The summed E-state index contributed by atoms with van der Waals surface area (Å²) in [6.45, 7) is 7.11. The molecular formula is C24H30N4O3S3. The number of nitrogens with one attached hydrogen (secondary N) is 1. The van der Waals surface area contributed by atoms with E-state index in [0.717, 1.165) is 67.2 Å². The highest BCUT2D eigenvalue weighted by molar-refractivity contribution is 7.99. The van der Waals surface area contributed by atoms with Gasteiger partial charge in [-0.05, 0) is 57.1 Å². The molecule has 0 bridgehead atoms. The number of carbonyl (C=O) groups is 2. The zero-order chi connectivity index (χ0) is 24.2. The Balaban J connectivity index is 1.51. The number of amides is 1. The minimum Gasteiger partial charge on any atom is -0.465 e. The Kier molecular flexibility index (Phi) is 8.10. The van der Waals surface area contributed by atoms with Gasteiger partial charge in [0.05, 0.1) is 18.4 Å². The molecule has 34 heavy (non-hydrogen) atoms. The first-order valence-electron chi connectivity index (χ1n) is 11.6. The summed E-state index contributed by atoms with van der Waals surface area (Å²) in [5.74, 6) is 0.492. The lowest BCUT2D eigenvalue weighted by molar-refractivity contribution is -0.113. The molecule has 0 fully saturated rings. The number of thioether (sulfide) groups is 1. The van der Waals surface area contributed by atoms with E-state index in [0.29, 0.717) is 10.6 Å². The van der Waals surface area contributed by atoms with Crippen molar-refractivity contribution in [3.8, 4) is 11.4 Å². The summed E-state index contributed by atoms with van der Waals surface area (Å²) < 4.78 is 7.14. The second kappa shape index (κ2) is 11.0. The zero-order valence-electron chi connectivity index (χ0n) is 20.0. The molecule has 1 aliphatic rings. The quantitative estimate of drug-likeness (QED) is 0.228. The molecular weight excluding hydrogens is 488 g/mol. The van der Waals surface area contributed by atoms with Gasteiger partial charge in [-0.25, -0.2) is 4.79 Å². The number of thiophene rings is 2. The number of hydrogen-bond acceptors (Lipinski definition) is 8. The standard InChI is InChI=1S/C24H30N4O3S3/c1-5-11-28-21(17-12-32-15(3)14(17)2)26-27-24(28)33-13-19(29)25-22-20(23(30)31-4)16-9-7-6-8-10-18(16)34-22/h12H,5-11,13H2,1-4H3,(H,25,29). The second-order valence-corrected chi connectivity index (χ2v) is 11.5. The van der Waals surface area contributed by atoms with Crippen molar-refractivity contribution in [1.82, 2.24) is 14.8 Å². The van der Waals surface area contributed by atoms with Crippen LogP contribution < -0.4 is 5.32 Å². The fourth-order valence-electron chi connectivity index (χ4n) is 4.20. The third-order valence-electron chi connectivity index (χ3n) is 6.09. The van der Waals surface area contributed by atoms with Gasteiger partial charge in [0.15, 0.2) is 11.0 Å². The van der Waals surface area contributed by atoms with E-state index in [1.165, 1.54) is 45.5 Å². The monoisotopic (exact) mass is 518 g/mol. The van der Waals surface area contributed by atoms with Crippen LogP contribution in [-0.4, -0.2) is 39.5 Å². The number of methoxy groups -OCH3 is 1. The number of ether oxygens (including phenoxy) is 1. The lowest BCUT2D eigenvalue weighted by Gasteiger charge is -2.09. The first kappa shape index (κ1) is 24.9. The number of aryl methyl sites for hydroxylation is 2. The molecule has 0 atom stereocenters. The fraction of sp³-hybridized carbons (Fsp3) is 0.500. The maximum Gasteiger partial charge on any atom is 0.341 e. The molecule has 4 rings (SSSR count). The Morgan fingerprint density at radius 1 is 1.21 bits per heavy atom. The lowest BCUT2D eigenvalue weighted by Crippen LogP contribution is -2.16.